The molecule has 38 heavy (non-hydrogen) atoms. The fourth-order valence-corrected chi connectivity index (χ4v) is 4.29. The van der Waals surface area contributed by atoms with Crippen LogP contribution in [0.5, 0.6) is 11.5 Å². The van der Waals surface area contributed by atoms with Gasteiger partial charge in [0.2, 0.25) is 0 Å². The highest BCUT2D eigenvalue weighted by atomic mass is 32.2. The molecule has 0 radical (unpaired) electrons. The number of para-hydroxylation sites is 1. The zero-order valence-electron chi connectivity index (χ0n) is 20.4. The van der Waals surface area contributed by atoms with Crippen molar-refractivity contribution in [3.05, 3.63) is 109 Å². The number of thioether (sulfide) groups is 1. The van der Waals surface area contributed by atoms with E-state index in [2.05, 4.69) is 5.32 Å². The molecule has 0 aliphatic rings. The van der Waals surface area contributed by atoms with Gasteiger partial charge in [0.25, 0.3) is 5.91 Å². The summed E-state index contributed by atoms with van der Waals surface area (Å²) in [5.74, 6) is -0.243. The van der Waals surface area contributed by atoms with E-state index >= 15 is 0 Å². The van der Waals surface area contributed by atoms with Gasteiger partial charge in [0.15, 0.2) is 12.2 Å². The van der Waals surface area contributed by atoms with Crippen molar-refractivity contribution in [2.75, 3.05) is 11.6 Å². The molecule has 4 N–H and O–H groups in total. The second-order valence-electron chi connectivity index (χ2n) is 8.13. The lowest BCUT2D eigenvalue weighted by atomic mass is 9.96. The summed E-state index contributed by atoms with van der Waals surface area (Å²) in [5, 5.41) is 23.3. The molecule has 0 fully saturated rings. The normalized spacial score (nSPS) is 12.6. The van der Waals surface area contributed by atoms with E-state index in [-0.39, 0.29) is 5.75 Å². The Morgan fingerprint density at radius 3 is 2.26 bits per heavy atom. The van der Waals surface area contributed by atoms with Crippen LogP contribution < -0.4 is 15.5 Å². The molecule has 0 unspecified atom stereocenters. The van der Waals surface area contributed by atoms with Crippen LogP contribution in [0.2, 0.25) is 0 Å². The Morgan fingerprint density at radius 1 is 0.895 bits per heavy atom. The van der Waals surface area contributed by atoms with Crippen molar-refractivity contribution in [1.82, 2.24) is 5.48 Å². The average Bonchev–Trinajstić information content (AvgIpc) is 2.95. The first-order valence-corrected chi connectivity index (χ1v) is 12.9. The van der Waals surface area contributed by atoms with Crippen molar-refractivity contribution >= 4 is 40.2 Å². The van der Waals surface area contributed by atoms with Crippen molar-refractivity contribution in [2.24, 2.45) is 0 Å². The summed E-state index contributed by atoms with van der Waals surface area (Å²) >= 11 is 1.58. The summed E-state index contributed by atoms with van der Waals surface area (Å²) in [6.45, 7) is 0. The van der Waals surface area contributed by atoms with Gasteiger partial charge >= 0.3 is 6.09 Å². The van der Waals surface area contributed by atoms with Gasteiger partial charge in [-0.3, -0.25) is 15.3 Å². The number of phenolic OH excluding ortho intramolecular Hbond substituents is 1. The van der Waals surface area contributed by atoms with E-state index in [9.17, 15) is 14.7 Å². The first kappa shape index (κ1) is 26.6. The number of fused-ring (bicyclic) bond motifs is 1. The molecule has 2 atom stereocenters. The van der Waals surface area contributed by atoms with Crippen molar-refractivity contribution in [3.63, 3.8) is 0 Å². The third kappa shape index (κ3) is 6.64. The van der Waals surface area contributed by atoms with E-state index in [1.54, 1.807) is 84.0 Å². The lowest BCUT2D eigenvalue weighted by Crippen LogP contribution is -2.30. The molecule has 8 nitrogen and oxygen atoms in total. The molecular weight excluding hydrogens is 504 g/mol. The van der Waals surface area contributed by atoms with Crippen LogP contribution in [0, 0.1) is 0 Å². The summed E-state index contributed by atoms with van der Waals surface area (Å²) < 4.78 is 12.1. The molecule has 9 heteroatoms. The lowest BCUT2D eigenvalue weighted by Gasteiger charge is -2.27. The van der Waals surface area contributed by atoms with Gasteiger partial charge in [-0.1, -0.05) is 48.5 Å². The van der Waals surface area contributed by atoms with E-state index < -0.39 is 24.2 Å². The monoisotopic (exact) mass is 530 g/mol. The Labute approximate surface area is 223 Å². The highest BCUT2D eigenvalue weighted by Crippen LogP contribution is 2.36. The maximum Gasteiger partial charge on any atom is 0.412 e. The molecule has 4 aromatic carbocycles. The predicted molar refractivity (Wildman–Crippen MR) is 147 cm³/mol. The molecule has 0 heterocycles. The van der Waals surface area contributed by atoms with Crippen LogP contribution in [-0.4, -0.2) is 34.7 Å². The predicted octanol–water partition coefficient (Wildman–Crippen LogP) is 6.07. The molecule has 0 aliphatic carbocycles. The third-order valence-corrected chi connectivity index (χ3v) is 6.42. The smallest absolute Gasteiger partial charge is 0.412 e. The minimum Gasteiger partial charge on any atom is -0.507 e. The Kier molecular flexibility index (Phi) is 8.86. The van der Waals surface area contributed by atoms with E-state index in [0.29, 0.717) is 27.8 Å². The number of hydrogen-bond donors (Lipinski definition) is 4. The number of benzene rings is 4. The van der Waals surface area contributed by atoms with E-state index in [1.807, 2.05) is 24.5 Å². The van der Waals surface area contributed by atoms with Crippen LogP contribution in [0.15, 0.2) is 108 Å². The van der Waals surface area contributed by atoms with Crippen LogP contribution in [0.25, 0.3) is 10.8 Å². The minimum absolute atomic E-state index is 0.0668. The molecule has 0 saturated heterocycles. The summed E-state index contributed by atoms with van der Waals surface area (Å²) in [6, 6.07) is 26.4. The molecule has 4 aromatic rings. The Morgan fingerprint density at radius 2 is 1.58 bits per heavy atom. The number of anilines is 1. The highest BCUT2D eigenvalue weighted by molar-refractivity contribution is 7.98. The summed E-state index contributed by atoms with van der Waals surface area (Å²) in [4.78, 5) is 26.0. The molecule has 194 valence electrons. The largest absolute Gasteiger partial charge is 0.507 e. The Bertz CT molecular complexity index is 1430. The molecule has 0 aliphatic heterocycles. The summed E-state index contributed by atoms with van der Waals surface area (Å²) in [7, 11) is 0. The fourth-order valence-electron chi connectivity index (χ4n) is 3.88. The minimum atomic E-state index is -1.06. The molecule has 0 spiro atoms. The summed E-state index contributed by atoms with van der Waals surface area (Å²) in [5.41, 5.74) is 2.63. The van der Waals surface area contributed by atoms with Gasteiger partial charge in [-0.2, -0.15) is 0 Å². The molecule has 2 amide bonds. The van der Waals surface area contributed by atoms with Crippen molar-refractivity contribution < 1.29 is 29.4 Å². The van der Waals surface area contributed by atoms with Gasteiger partial charge in [0.1, 0.15) is 11.5 Å². The highest BCUT2D eigenvalue weighted by Gasteiger charge is 2.30. The second-order valence-corrected chi connectivity index (χ2v) is 9.01. The van der Waals surface area contributed by atoms with E-state index in [4.69, 9.17) is 14.7 Å². The number of aromatic hydroxyl groups is 1. The number of nitrogens with one attached hydrogen (secondary N) is 2. The third-order valence-electron chi connectivity index (χ3n) is 5.67. The van der Waals surface area contributed by atoms with Crippen LogP contribution in [0.1, 0.15) is 11.7 Å². The topological polar surface area (TPSA) is 117 Å². The Balaban J connectivity index is 1.75. The molecular formula is C29H26N2O6S. The van der Waals surface area contributed by atoms with Crippen LogP contribution >= 0.6 is 11.8 Å². The van der Waals surface area contributed by atoms with E-state index in [1.165, 1.54) is 12.1 Å². The zero-order valence-corrected chi connectivity index (χ0v) is 21.2. The van der Waals surface area contributed by atoms with Gasteiger partial charge in [0, 0.05) is 27.6 Å². The van der Waals surface area contributed by atoms with Crippen molar-refractivity contribution in [2.45, 2.75) is 17.1 Å². The second kappa shape index (κ2) is 12.7. The number of carbonyl (C=O) groups is 2. The van der Waals surface area contributed by atoms with Gasteiger partial charge in [-0.25, -0.2) is 10.3 Å². The van der Waals surface area contributed by atoms with E-state index in [0.717, 1.165) is 11.0 Å². The number of hydroxylamine groups is 1. The van der Waals surface area contributed by atoms with Gasteiger partial charge in [0.05, 0.1) is 0 Å². The SMILES string of the molecule is CSc1ccc(NC(=O)O[C@H](c2ccc(O)c3ccccc23)[C@@H](/C=C/C(=O)NO)Oc2ccccc2)cc1. The van der Waals surface area contributed by atoms with Crippen LogP contribution in [-0.2, 0) is 9.53 Å². The molecule has 0 bridgehead atoms. The first-order valence-electron chi connectivity index (χ1n) is 11.6. The van der Waals surface area contributed by atoms with Crippen LogP contribution in [0.4, 0.5) is 10.5 Å². The zero-order chi connectivity index (χ0) is 26.9. The average molecular weight is 531 g/mol. The maximum absolute atomic E-state index is 13.1. The number of hydrogen-bond acceptors (Lipinski definition) is 7. The quantitative estimate of drug-likeness (QED) is 0.0898. The number of rotatable bonds is 9. The molecule has 0 saturated carbocycles. The molecule has 4 rings (SSSR count). The maximum atomic E-state index is 13.1. The van der Waals surface area contributed by atoms with Gasteiger partial charge < -0.3 is 14.6 Å². The lowest BCUT2D eigenvalue weighted by molar-refractivity contribution is -0.124. The number of amides is 2. The number of carbonyl (C=O) groups excluding carboxylic acids is 2. The summed E-state index contributed by atoms with van der Waals surface area (Å²) in [6.07, 6.45) is 1.64. The van der Waals surface area contributed by atoms with Crippen LogP contribution in [0.3, 0.4) is 0 Å². The van der Waals surface area contributed by atoms with Crippen molar-refractivity contribution in [3.8, 4) is 11.5 Å². The molecule has 0 aromatic heterocycles. The fraction of sp³-hybridized carbons (Fsp3) is 0.103. The Hall–Kier alpha value is -4.47. The standard InChI is InChI=1S/C29H26N2O6S/c1-38-21-13-11-19(12-14-21)30-29(34)37-28(24-15-16-25(32)23-10-6-5-9-22(23)24)26(17-18-27(33)31-35)36-20-7-3-2-4-8-20/h2-18,26,28,32,35H,1H3,(H,30,34)(H,31,33)/b18-17+/t26-,28-/m1/s1. The van der Waals surface area contributed by atoms with Gasteiger partial charge in [-0.15, -0.1) is 11.8 Å². The first-order chi connectivity index (χ1) is 18.5. The van der Waals surface area contributed by atoms with Gasteiger partial charge in [-0.05, 0) is 60.2 Å². The number of phenols is 1. The van der Waals surface area contributed by atoms with Crippen molar-refractivity contribution in [1.29, 1.82) is 0 Å². The number of ether oxygens (including phenoxy) is 2.